The van der Waals surface area contributed by atoms with Crippen LogP contribution in [0.3, 0.4) is 0 Å². The van der Waals surface area contributed by atoms with E-state index in [0.29, 0.717) is 12.6 Å². The summed E-state index contributed by atoms with van der Waals surface area (Å²) in [4.78, 5) is 18.8. The van der Waals surface area contributed by atoms with Crippen molar-refractivity contribution < 1.29 is 4.79 Å². The van der Waals surface area contributed by atoms with Crippen LogP contribution in [-0.2, 0) is 6.54 Å². The Kier molecular flexibility index (Phi) is 4.84. The first-order valence-electron chi connectivity index (χ1n) is 8.63. The number of hydrogen-bond donors (Lipinski definition) is 1. The van der Waals surface area contributed by atoms with Gasteiger partial charge in [-0.15, -0.1) is 0 Å². The summed E-state index contributed by atoms with van der Waals surface area (Å²) >= 11 is 0. The minimum absolute atomic E-state index is 0.0874. The molecule has 1 fully saturated rings. The standard InChI is InChI=1S/C18H26N4O/c1-14-8-5-6-12-21(14)18(23)19-11-7-13-22-15(2)20-16-9-3-4-10-17(16)22/h3-4,9-10,14H,5-8,11-13H2,1-2H3,(H,19,23). The van der Waals surface area contributed by atoms with E-state index in [0.717, 1.165) is 43.7 Å². The number of hydrogen-bond acceptors (Lipinski definition) is 2. The van der Waals surface area contributed by atoms with Crippen molar-refractivity contribution in [3.63, 3.8) is 0 Å². The molecule has 0 spiro atoms. The van der Waals surface area contributed by atoms with Gasteiger partial charge in [0.25, 0.3) is 0 Å². The molecule has 1 unspecified atom stereocenters. The Morgan fingerprint density at radius 3 is 3.00 bits per heavy atom. The lowest BCUT2D eigenvalue weighted by molar-refractivity contribution is 0.158. The quantitative estimate of drug-likeness (QED) is 0.880. The number of carbonyl (C=O) groups is 1. The topological polar surface area (TPSA) is 50.2 Å². The number of para-hydroxylation sites is 2. The van der Waals surface area contributed by atoms with E-state index in [4.69, 9.17) is 0 Å². The van der Waals surface area contributed by atoms with E-state index >= 15 is 0 Å². The van der Waals surface area contributed by atoms with Crippen molar-refractivity contribution in [2.75, 3.05) is 13.1 Å². The summed E-state index contributed by atoms with van der Waals surface area (Å²) in [6.45, 7) is 6.64. The molecule has 5 heteroatoms. The SMILES string of the molecule is Cc1nc2ccccc2n1CCCNC(=O)N1CCCCC1C. The third kappa shape index (κ3) is 3.49. The van der Waals surface area contributed by atoms with Crippen molar-refractivity contribution in [1.29, 1.82) is 0 Å². The number of nitrogens with one attached hydrogen (secondary N) is 1. The van der Waals surface area contributed by atoms with Gasteiger partial charge in [0.1, 0.15) is 5.82 Å². The van der Waals surface area contributed by atoms with E-state index in [9.17, 15) is 4.79 Å². The van der Waals surface area contributed by atoms with Crippen LogP contribution in [-0.4, -0.2) is 39.6 Å². The van der Waals surface area contributed by atoms with E-state index < -0.39 is 0 Å². The largest absolute Gasteiger partial charge is 0.338 e. The van der Waals surface area contributed by atoms with Gasteiger partial charge in [-0.05, 0) is 51.7 Å². The molecule has 3 rings (SSSR count). The third-order valence-electron chi connectivity index (χ3n) is 4.74. The van der Waals surface area contributed by atoms with Crippen molar-refractivity contribution in [3.05, 3.63) is 30.1 Å². The van der Waals surface area contributed by atoms with Gasteiger partial charge in [0.2, 0.25) is 0 Å². The number of nitrogens with zero attached hydrogens (tertiary/aromatic N) is 3. The van der Waals surface area contributed by atoms with Crippen LogP contribution in [0.15, 0.2) is 24.3 Å². The molecule has 1 atom stereocenters. The summed E-state index contributed by atoms with van der Waals surface area (Å²) in [5.41, 5.74) is 2.21. The maximum Gasteiger partial charge on any atom is 0.317 e. The van der Waals surface area contributed by atoms with Crippen LogP contribution in [0.2, 0.25) is 0 Å². The van der Waals surface area contributed by atoms with E-state index in [2.05, 4.69) is 27.9 Å². The summed E-state index contributed by atoms with van der Waals surface area (Å²) in [7, 11) is 0. The van der Waals surface area contributed by atoms with Gasteiger partial charge in [-0.3, -0.25) is 0 Å². The fraction of sp³-hybridized carbons (Fsp3) is 0.556. The molecule has 2 heterocycles. The minimum atomic E-state index is 0.0874. The number of benzene rings is 1. The fourth-order valence-corrected chi connectivity index (χ4v) is 3.41. The molecule has 1 N–H and O–H groups in total. The highest BCUT2D eigenvalue weighted by molar-refractivity contribution is 5.76. The molecule has 0 radical (unpaired) electrons. The van der Waals surface area contributed by atoms with Gasteiger partial charge < -0.3 is 14.8 Å². The van der Waals surface area contributed by atoms with Crippen LogP contribution < -0.4 is 5.32 Å². The third-order valence-corrected chi connectivity index (χ3v) is 4.74. The van der Waals surface area contributed by atoms with Crippen molar-refractivity contribution in [3.8, 4) is 0 Å². The van der Waals surface area contributed by atoms with E-state index in [-0.39, 0.29) is 6.03 Å². The number of likely N-dealkylation sites (tertiary alicyclic amines) is 1. The highest BCUT2D eigenvalue weighted by Gasteiger charge is 2.22. The van der Waals surface area contributed by atoms with Gasteiger partial charge in [0.05, 0.1) is 11.0 Å². The number of urea groups is 1. The molecule has 2 amide bonds. The van der Waals surface area contributed by atoms with Gasteiger partial charge in [-0.1, -0.05) is 12.1 Å². The van der Waals surface area contributed by atoms with Crippen LogP contribution in [0.1, 0.15) is 38.4 Å². The number of fused-ring (bicyclic) bond motifs is 1. The molecule has 23 heavy (non-hydrogen) atoms. The second-order valence-corrected chi connectivity index (χ2v) is 6.42. The second-order valence-electron chi connectivity index (χ2n) is 6.42. The predicted molar refractivity (Wildman–Crippen MR) is 92.5 cm³/mol. The zero-order chi connectivity index (χ0) is 16.2. The number of carbonyl (C=O) groups excluding carboxylic acids is 1. The lowest BCUT2D eigenvalue weighted by atomic mass is 10.0. The van der Waals surface area contributed by atoms with Crippen LogP contribution in [0.25, 0.3) is 11.0 Å². The number of aromatic nitrogens is 2. The van der Waals surface area contributed by atoms with Gasteiger partial charge >= 0.3 is 6.03 Å². The average molecular weight is 314 g/mol. The van der Waals surface area contributed by atoms with E-state index in [1.165, 1.54) is 11.9 Å². The molecule has 0 saturated carbocycles. The normalized spacial score (nSPS) is 18.3. The zero-order valence-electron chi connectivity index (χ0n) is 14.1. The summed E-state index contributed by atoms with van der Waals surface area (Å²) in [5.74, 6) is 1.03. The molecule has 1 saturated heterocycles. The smallest absolute Gasteiger partial charge is 0.317 e. The number of amides is 2. The number of rotatable bonds is 4. The van der Waals surface area contributed by atoms with Crippen molar-refractivity contribution in [1.82, 2.24) is 19.8 Å². The molecule has 1 aliphatic rings. The minimum Gasteiger partial charge on any atom is -0.338 e. The molecule has 1 aromatic heterocycles. The fourth-order valence-electron chi connectivity index (χ4n) is 3.41. The van der Waals surface area contributed by atoms with Gasteiger partial charge in [-0.25, -0.2) is 9.78 Å². The number of imidazole rings is 1. The molecule has 1 aliphatic heterocycles. The molecule has 2 aromatic rings. The Morgan fingerprint density at radius 1 is 1.35 bits per heavy atom. The van der Waals surface area contributed by atoms with Crippen molar-refractivity contribution in [2.45, 2.75) is 52.1 Å². The number of piperidine rings is 1. The van der Waals surface area contributed by atoms with Crippen LogP contribution >= 0.6 is 0 Å². The summed E-state index contributed by atoms with van der Waals surface area (Å²) < 4.78 is 2.23. The molecular formula is C18H26N4O. The maximum atomic E-state index is 12.2. The first-order valence-corrected chi connectivity index (χ1v) is 8.63. The highest BCUT2D eigenvalue weighted by atomic mass is 16.2. The van der Waals surface area contributed by atoms with Crippen molar-refractivity contribution in [2.24, 2.45) is 0 Å². The first kappa shape index (κ1) is 15.8. The summed E-state index contributed by atoms with van der Waals surface area (Å²) in [6, 6.07) is 8.65. The van der Waals surface area contributed by atoms with Crippen LogP contribution in [0.4, 0.5) is 4.79 Å². The van der Waals surface area contributed by atoms with Gasteiger partial charge in [0.15, 0.2) is 0 Å². The monoisotopic (exact) mass is 314 g/mol. The van der Waals surface area contributed by atoms with Gasteiger partial charge in [-0.2, -0.15) is 0 Å². The maximum absolute atomic E-state index is 12.2. The van der Waals surface area contributed by atoms with E-state index in [1.54, 1.807) is 0 Å². The number of aryl methyl sites for hydroxylation is 2. The lowest BCUT2D eigenvalue weighted by Gasteiger charge is -2.33. The van der Waals surface area contributed by atoms with Crippen LogP contribution in [0, 0.1) is 6.92 Å². The highest BCUT2D eigenvalue weighted by Crippen LogP contribution is 2.17. The summed E-state index contributed by atoms with van der Waals surface area (Å²) in [6.07, 6.45) is 4.39. The Hall–Kier alpha value is -2.04. The second kappa shape index (κ2) is 7.02. The Balaban J connectivity index is 1.51. The molecular weight excluding hydrogens is 288 g/mol. The van der Waals surface area contributed by atoms with Gasteiger partial charge in [0, 0.05) is 25.7 Å². The molecule has 1 aromatic carbocycles. The molecule has 5 nitrogen and oxygen atoms in total. The van der Waals surface area contributed by atoms with E-state index in [1.807, 2.05) is 30.0 Å². The Morgan fingerprint density at radius 2 is 2.17 bits per heavy atom. The lowest BCUT2D eigenvalue weighted by Crippen LogP contribution is -2.47. The van der Waals surface area contributed by atoms with Crippen LogP contribution in [0.5, 0.6) is 0 Å². The Labute approximate surface area is 137 Å². The predicted octanol–water partition coefficient (Wildman–Crippen LogP) is 3.32. The van der Waals surface area contributed by atoms with Crippen molar-refractivity contribution >= 4 is 17.1 Å². The molecule has 124 valence electrons. The Bertz CT molecular complexity index is 679. The molecule has 0 aliphatic carbocycles. The summed E-state index contributed by atoms with van der Waals surface area (Å²) in [5, 5.41) is 3.07. The average Bonchev–Trinajstić information content (AvgIpc) is 2.87. The zero-order valence-corrected chi connectivity index (χ0v) is 14.1. The first-order chi connectivity index (χ1) is 11.2. The molecule has 0 bridgehead atoms.